The summed E-state index contributed by atoms with van der Waals surface area (Å²) in [5.74, 6) is -0.627. The molecule has 0 saturated heterocycles. The van der Waals surface area contributed by atoms with Crippen LogP contribution in [0.25, 0.3) is 0 Å². The average Bonchev–Trinajstić information content (AvgIpc) is 2.41. The van der Waals surface area contributed by atoms with E-state index >= 15 is 0 Å². The van der Waals surface area contributed by atoms with Gasteiger partial charge in [0.15, 0.2) is 0 Å². The third kappa shape index (κ3) is 7.05. The fraction of sp³-hybridized carbons (Fsp3) is 0.385. The molecule has 2 N–H and O–H groups in total. The van der Waals surface area contributed by atoms with Gasteiger partial charge >= 0.3 is 12.1 Å². The molecule has 0 spiro atoms. The second kappa shape index (κ2) is 8.10. The summed E-state index contributed by atoms with van der Waals surface area (Å²) >= 11 is 0. The predicted molar refractivity (Wildman–Crippen MR) is 67.3 cm³/mol. The summed E-state index contributed by atoms with van der Waals surface area (Å²) in [6, 6.07) is 9.18. The standard InChI is InChI=1S/C13H17NO5/c1-10(15)8-18-12(16)7-14-13(17)19-9-11-5-3-2-4-6-11/h2-6,10,15H,7-9H2,1H3,(H,14,17). The molecular weight excluding hydrogens is 250 g/mol. The number of aliphatic hydroxyl groups is 1. The van der Waals surface area contributed by atoms with Gasteiger partial charge in [-0.1, -0.05) is 30.3 Å². The number of ether oxygens (including phenoxy) is 2. The fourth-order valence-corrected chi connectivity index (χ4v) is 1.18. The minimum atomic E-state index is -0.728. The van der Waals surface area contributed by atoms with Crippen molar-refractivity contribution >= 4 is 12.1 Å². The van der Waals surface area contributed by atoms with Crippen LogP contribution in [-0.4, -0.2) is 36.4 Å². The van der Waals surface area contributed by atoms with Gasteiger partial charge in [0.25, 0.3) is 0 Å². The predicted octanol–water partition coefficient (Wildman–Crippen LogP) is 0.837. The van der Waals surface area contributed by atoms with E-state index in [1.807, 2.05) is 30.3 Å². The van der Waals surface area contributed by atoms with Crippen LogP contribution in [0.2, 0.25) is 0 Å². The summed E-state index contributed by atoms with van der Waals surface area (Å²) in [4.78, 5) is 22.4. The lowest BCUT2D eigenvalue weighted by molar-refractivity contribution is -0.145. The van der Waals surface area contributed by atoms with E-state index in [0.717, 1.165) is 5.56 Å². The quantitative estimate of drug-likeness (QED) is 0.746. The Hall–Kier alpha value is -2.08. The maximum absolute atomic E-state index is 11.3. The number of esters is 1. The van der Waals surface area contributed by atoms with E-state index in [9.17, 15) is 9.59 Å². The molecule has 0 saturated carbocycles. The molecule has 0 aliphatic rings. The van der Waals surface area contributed by atoms with Crippen LogP contribution in [-0.2, 0) is 20.9 Å². The summed E-state index contributed by atoms with van der Waals surface area (Å²) < 4.78 is 9.55. The molecule has 19 heavy (non-hydrogen) atoms. The normalized spacial score (nSPS) is 11.5. The van der Waals surface area contributed by atoms with Gasteiger partial charge in [-0.25, -0.2) is 4.79 Å². The van der Waals surface area contributed by atoms with Crippen molar-refractivity contribution in [2.45, 2.75) is 19.6 Å². The molecular formula is C13H17NO5. The third-order valence-corrected chi connectivity index (χ3v) is 2.08. The number of rotatable bonds is 6. The number of benzene rings is 1. The van der Waals surface area contributed by atoms with Gasteiger partial charge in [-0.2, -0.15) is 0 Å². The van der Waals surface area contributed by atoms with Crippen molar-refractivity contribution in [3.8, 4) is 0 Å². The zero-order valence-electron chi connectivity index (χ0n) is 10.7. The number of carbonyl (C=O) groups is 2. The van der Waals surface area contributed by atoms with Crippen LogP contribution in [0.15, 0.2) is 30.3 Å². The van der Waals surface area contributed by atoms with E-state index in [0.29, 0.717) is 0 Å². The van der Waals surface area contributed by atoms with Crippen LogP contribution in [0, 0.1) is 0 Å². The first-order chi connectivity index (χ1) is 9.08. The number of nitrogens with one attached hydrogen (secondary N) is 1. The Bertz CT molecular complexity index is 405. The van der Waals surface area contributed by atoms with Gasteiger partial charge in [-0.3, -0.25) is 4.79 Å². The second-order valence-electron chi connectivity index (χ2n) is 3.95. The Labute approximate surface area is 111 Å². The molecule has 0 heterocycles. The van der Waals surface area contributed by atoms with Crippen molar-refractivity contribution in [1.29, 1.82) is 0 Å². The molecule has 0 fully saturated rings. The smallest absolute Gasteiger partial charge is 0.407 e. The molecule has 0 bridgehead atoms. The van der Waals surface area contributed by atoms with Gasteiger partial charge in [-0.05, 0) is 12.5 Å². The summed E-state index contributed by atoms with van der Waals surface area (Å²) in [6.07, 6.45) is -1.42. The molecule has 1 unspecified atom stereocenters. The molecule has 0 aromatic heterocycles. The summed E-state index contributed by atoms with van der Waals surface area (Å²) in [5.41, 5.74) is 0.856. The molecule has 104 valence electrons. The van der Waals surface area contributed by atoms with Crippen LogP contribution in [0.3, 0.4) is 0 Å². The number of hydrogen-bond acceptors (Lipinski definition) is 5. The molecule has 1 amide bonds. The Morgan fingerprint density at radius 1 is 1.26 bits per heavy atom. The molecule has 1 aromatic rings. The summed E-state index contributed by atoms with van der Waals surface area (Å²) in [6.45, 7) is 1.24. The van der Waals surface area contributed by atoms with Crippen molar-refractivity contribution in [3.63, 3.8) is 0 Å². The van der Waals surface area contributed by atoms with E-state index in [1.165, 1.54) is 6.92 Å². The fourth-order valence-electron chi connectivity index (χ4n) is 1.18. The van der Waals surface area contributed by atoms with E-state index in [1.54, 1.807) is 0 Å². The van der Waals surface area contributed by atoms with Gasteiger partial charge in [0.1, 0.15) is 19.8 Å². The molecule has 0 aliphatic heterocycles. The van der Waals surface area contributed by atoms with Crippen LogP contribution >= 0.6 is 0 Å². The minimum absolute atomic E-state index is 0.0976. The van der Waals surface area contributed by atoms with E-state index in [-0.39, 0.29) is 19.8 Å². The molecule has 1 rings (SSSR count). The van der Waals surface area contributed by atoms with Gasteiger partial charge in [0, 0.05) is 0 Å². The lowest BCUT2D eigenvalue weighted by atomic mass is 10.2. The van der Waals surface area contributed by atoms with Crippen LogP contribution in [0.5, 0.6) is 0 Å². The molecule has 1 aromatic carbocycles. The van der Waals surface area contributed by atoms with E-state index in [4.69, 9.17) is 9.84 Å². The van der Waals surface area contributed by atoms with Gasteiger partial charge in [0.2, 0.25) is 0 Å². The van der Waals surface area contributed by atoms with Crippen molar-refractivity contribution < 1.29 is 24.2 Å². The first kappa shape index (κ1) is 15.0. The topological polar surface area (TPSA) is 84.9 Å². The van der Waals surface area contributed by atoms with Crippen molar-refractivity contribution in [2.75, 3.05) is 13.2 Å². The highest BCUT2D eigenvalue weighted by Gasteiger charge is 2.08. The zero-order valence-corrected chi connectivity index (χ0v) is 10.7. The highest BCUT2D eigenvalue weighted by Crippen LogP contribution is 2.00. The Kier molecular flexibility index (Phi) is 6.38. The second-order valence-corrected chi connectivity index (χ2v) is 3.95. The minimum Gasteiger partial charge on any atom is -0.462 e. The van der Waals surface area contributed by atoms with Crippen molar-refractivity contribution in [2.24, 2.45) is 0 Å². The van der Waals surface area contributed by atoms with E-state index in [2.05, 4.69) is 10.1 Å². The SMILES string of the molecule is CC(O)COC(=O)CNC(=O)OCc1ccccc1. The maximum Gasteiger partial charge on any atom is 0.407 e. The Morgan fingerprint density at radius 3 is 2.58 bits per heavy atom. The van der Waals surface area contributed by atoms with Crippen molar-refractivity contribution in [1.82, 2.24) is 5.32 Å². The number of hydrogen-bond donors (Lipinski definition) is 2. The Balaban J connectivity index is 2.16. The summed E-state index contributed by atoms with van der Waals surface area (Å²) in [7, 11) is 0. The number of carbonyl (C=O) groups excluding carboxylic acids is 2. The van der Waals surface area contributed by atoms with Gasteiger partial charge < -0.3 is 19.9 Å². The Morgan fingerprint density at radius 2 is 1.95 bits per heavy atom. The summed E-state index contributed by atoms with van der Waals surface area (Å²) in [5, 5.41) is 11.2. The molecule has 6 nitrogen and oxygen atoms in total. The lowest BCUT2D eigenvalue weighted by Gasteiger charge is -2.08. The van der Waals surface area contributed by atoms with Crippen LogP contribution < -0.4 is 5.32 Å². The van der Waals surface area contributed by atoms with Crippen molar-refractivity contribution in [3.05, 3.63) is 35.9 Å². The van der Waals surface area contributed by atoms with Crippen LogP contribution in [0.1, 0.15) is 12.5 Å². The average molecular weight is 267 g/mol. The van der Waals surface area contributed by atoms with Crippen LogP contribution in [0.4, 0.5) is 4.79 Å². The monoisotopic (exact) mass is 267 g/mol. The highest BCUT2D eigenvalue weighted by atomic mass is 16.6. The maximum atomic E-state index is 11.3. The molecule has 0 radical (unpaired) electrons. The zero-order chi connectivity index (χ0) is 14.1. The molecule has 1 atom stereocenters. The number of aliphatic hydroxyl groups excluding tert-OH is 1. The van der Waals surface area contributed by atoms with Gasteiger partial charge in [-0.15, -0.1) is 0 Å². The van der Waals surface area contributed by atoms with E-state index < -0.39 is 18.2 Å². The van der Waals surface area contributed by atoms with Gasteiger partial charge in [0.05, 0.1) is 6.10 Å². The highest BCUT2D eigenvalue weighted by molar-refractivity contribution is 5.77. The number of amides is 1. The first-order valence-electron chi connectivity index (χ1n) is 5.86. The first-order valence-corrected chi connectivity index (χ1v) is 5.86. The lowest BCUT2D eigenvalue weighted by Crippen LogP contribution is -2.32. The molecule has 0 aliphatic carbocycles. The molecule has 6 heteroatoms. The third-order valence-electron chi connectivity index (χ3n) is 2.08. The largest absolute Gasteiger partial charge is 0.462 e. The number of alkyl carbamates (subject to hydrolysis) is 1.